The van der Waals surface area contributed by atoms with E-state index in [1.54, 1.807) is 0 Å². The Morgan fingerprint density at radius 3 is 2.87 bits per heavy atom. The number of carbonyl (C=O) groups is 2. The molecule has 1 heterocycles. The van der Waals surface area contributed by atoms with Crippen LogP contribution in [0.1, 0.15) is 6.42 Å². The van der Waals surface area contributed by atoms with Gasteiger partial charge in [0.05, 0.1) is 0 Å². The van der Waals surface area contributed by atoms with Crippen LogP contribution < -0.4 is 10.6 Å². The SMILES string of the molecule is O=C(NCCCO)C(=O)Nc1ncn[nH]1. The molecule has 2 amide bonds. The first-order chi connectivity index (χ1) is 7.24. The summed E-state index contributed by atoms with van der Waals surface area (Å²) < 4.78 is 0. The smallest absolute Gasteiger partial charge is 0.316 e. The zero-order chi connectivity index (χ0) is 11.1. The van der Waals surface area contributed by atoms with E-state index in [1.807, 2.05) is 0 Å². The van der Waals surface area contributed by atoms with E-state index < -0.39 is 11.8 Å². The van der Waals surface area contributed by atoms with Gasteiger partial charge in [-0.2, -0.15) is 10.1 Å². The largest absolute Gasteiger partial charge is 0.396 e. The molecule has 0 saturated heterocycles. The van der Waals surface area contributed by atoms with Crippen LogP contribution in [0.25, 0.3) is 0 Å². The van der Waals surface area contributed by atoms with Crippen LogP contribution in [0.2, 0.25) is 0 Å². The summed E-state index contributed by atoms with van der Waals surface area (Å²) in [6, 6.07) is 0. The number of nitrogens with zero attached hydrogens (tertiary/aromatic N) is 2. The highest BCUT2D eigenvalue weighted by Gasteiger charge is 2.13. The third-order valence-corrected chi connectivity index (χ3v) is 1.47. The minimum absolute atomic E-state index is 0.0377. The van der Waals surface area contributed by atoms with Gasteiger partial charge in [0.15, 0.2) is 0 Å². The van der Waals surface area contributed by atoms with Gasteiger partial charge < -0.3 is 10.4 Å². The topological polar surface area (TPSA) is 120 Å². The van der Waals surface area contributed by atoms with Gasteiger partial charge in [0.2, 0.25) is 5.95 Å². The van der Waals surface area contributed by atoms with Gasteiger partial charge in [0, 0.05) is 13.2 Å². The molecule has 0 aromatic carbocycles. The van der Waals surface area contributed by atoms with Crippen LogP contribution in [0.5, 0.6) is 0 Å². The quantitative estimate of drug-likeness (QED) is 0.349. The summed E-state index contributed by atoms with van der Waals surface area (Å²) in [6.45, 7) is 0.211. The lowest BCUT2D eigenvalue weighted by molar-refractivity contribution is -0.136. The van der Waals surface area contributed by atoms with E-state index in [0.29, 0.717) is 6.42 Å². The summed E-state index contributed by atoms with van der Waals surface area (Å²) in [5, 5.41) is 18.9. The second-order valence-electron chi connectivity index (χ2n) is 2.62. The predicted octanol–water partition coefficient (Wildman–Crippen LogP) is -1.76. The van der Waals surface area contributed by atoms with Crippen molar-refractivity contribution >= 4 is 17.8 Å². The molecular formula is C7H11N5O3. The van der Waals surface area contributed by atoms with Gasteiger partial charge in [-0.15, -0.1) is 0 Å². The second kappa shape index (κ2) is 5.70. The molecule has 0 spiro atoms. The Morgan fingerprint density at radius 2 is 2.27 bits per heavy atom. The standard InChI is InChI=1S/C7H11N5O3/c13-3-1-2-8-5(14)6(15)11-7-9-4-10-12-7/h4,13H,1-3H2,(H,8,14)(H2,9,10,11,12,15). The Morgan fingerprint density at radius 1 is 1.47 bits per heavy atom. The van der Waals surface area contributed by atoms with Crippen LogP contribution >= 0.6 is 0 Å². The Bertz CT molecular complexity index is 323. The van der Waals surface area contributed by atoms with Crippen LogP contribution in [0.4, 0.5) is 5.95 Å². The molecule has 82 valence electrons. The summed E-state index contributed by atoms with van der Waals surface area (Å²) >= 11 is 0. The van der Waals surface area contributed by atoms with E-state index in [1.165, 1.54) is 6.33 Å². The molecule has 1 rings (SSSR count). The summed E-state index contributed by atoms with van der Waals surface area (Å²) in [6.07, 6.45) is 1.61. The molecule has 8 nitrogen and oxygen atoms in total. The van der Waals surface area contributed by atoms with Crippen molar-refractivity contribution in [3.05, 3.63) is 6.33 Å². The summed E-state index contributed by atoms with van der Waals surface area (Å²) in [5.41, 5.74) is 0. The van der Waals surface area contributed by atoms with Crippen molar-refractivity contribution in [2.75, 3.05) is 18.5 Å². The van der Waals surface area contributed by atoms with Gasteiger partial charge in [-0.05, 0) is 6.42 Å². The maximum Gasteiger partial charge on any atom is 0.316 e. The summed E-state index contributed by atoms with van der Waals surface area (Å²) in [5.74, 6) is -1.50. The molecule has 0 bridgehead atoms. The normalized spacial score (nSPS) is 9.67. The van der Waals surface area contributed by atoms with Gasteiger partial charge >= 0.3 is 11.8 Å². The lowest BCUT2D eigenvalue weighted by Gasteiger charge is -2.02. The predicted molar refractivity (Wildman–Crippen MR) is 49.7 cm³/mol. The van der Waals surface area contributed by atoms with Crippen molar-refractivity contribution in [2.45, 2.75) is 6.42 Å². The first-order valence-corrected chi connectivity index (χ1v) is 4.29. The minimum atomic E-state index is -0.829. The van der Waals surface area contributed by atoms with Crippen molar-refractivity contribution < 1.29 is 14.7 Å². The molecule has 8 heteroatoms. The van der Waals surface area contributed by atoms with Crippen LogP contribution in [0.15, 0.2) is 6.33 Å². The Labute approximate surface area is 85.1 Å². The minimum Gasteiger partial charge on any atom is -0.396 e. The number of aromatic amines is 1. The number of H-pyrrole nitrogens is 1. The number of amides is 2. The fourth-order valence-electron chi connectivity index (χ4n) is 0.791. The first-order valence-electron chi connectivity index (χ1n) is 4.29. The first kappa shape index (κ1) is 11.1. The fraction of sp³-hybridized carbons (Fsp3) is 0.429. The Hall–Kier alpha value is -1.96. The fourth-order valence-corrected chi connectivity index (χ4v) is 0.791. The van der Waals surface area contributed by atoms with Crippen molar-refractivity contribution in [1.29, 1.82) is 0 Å². The molecule has 0 aliphatic heterocycles. The van der Waals surface area contributed by atoms with E-state index in [4.69, 9.17) is 5.11 Å². The molecule has 0 fully saturated rings. The molecule has 0 radical (unpaired) electrons. The van der Waals surface area contributed by atoms with Crippen LogP contribution in [0.3, 0.4) is 0 Å². The number of nitrogens with one attached hydrogen (secondary N) is 3. The maximum absolute atomic E-state index is 11.1. The third kappa shape index (κ3) is 3.73. The maximum atomic E-state index is 11.1. The van der Waals surface area contributed by atoms with Gasteiger partial charge in [-0.1, -0.05) is 0 Å². The zero-order valence-corrected chi connectivity index (χ0v) is 7.86. The number of aromatic nitrogens is 3. The number of hydrogen-bond acceptors (Lipinski definition) is 5. The molecule has 1 aromatic rings. The molecule has 0 unspecified atom stereocenters. The number of aliphatic hydroxyl groups excluding tert-OH is 1. The Kier molecular flexibility index (Phi) is 4.23. The molecule has 15 heavy (non-hydrogen) atoms. The van der Waals surface area contributed by atoms with Crippen molar-refractivity contribution in [3.8, 4) is 0 Å². The van der Waals surface area contributed by atoms with E-state index in [-0.39, 0.29) is 19.1 Å². The average Bonchev–Trinajstić information content (AvgIpc) is 2.70. The lowest BCUT2D eigenvalue weighted by atomic mass is 10.4. The molecule has 0 aliphatic rings. The number of aliphatic hydroxyl groups is 1. The highest BCUT2D eigenvalue weighted by molar-refractivity contribution is 6.39. The molecule has 1 aromatic heterocycles. The van der Waals surface area contributed by atoms with E-state index in [2.05, 4.69) is 25.8 Å². The molecule has 0 atom stereocenters. The Balaban J connectivity index is 2.30. The third-order valence-electron chi connectivity index (χ3n) is 1.47. The van der Waals surface area contributed by atoms with Gasteiger partial charge in [-0.25, -0.2) is 5.10 Å². The summed E-state index contributed by atoms with van der Waals surface area (Å²) in [7, 11) is 0. The number of carbonyl (C=O) groups excluding carboxylic acids is 2. The lowest BCUT2D eigenvalue weighted by Crippen LogP contribution is -2.36. The van der Waals surface area contributed by atoms with Crippen LogP contribution in [-0.4, -0.2) is 45.3 Å². The highest BCUT2D eigenvalue weighted by Crippen LogP contribution is 1.91. The monoisotopic (exact) mass is 213 g/mol. The summed E-state index contributed by atoms with van der Waals surface area (Å²) in [4.78, 5) is 25.8. The average molecular weight is 213 g/mol. The molecule has 4 N–H and O–H groups in total. The van der Waals surface area contributed by atoms with E-state index in [9.17, 15) is 9.59 Å². The van der Waals surface area contributed by atoms with Crippen molar-refractivity contribution in [1.82, 2.24) is 20.5 Å². The number of rotatable bonds is 4. The molecular weight excluding hydrogens is 202 g/mol. The van der Waals surface area contributed by atoms with Gasteiger partial charge in [0.1, 0.15) is 6.33 Å². The number of anilines is 1. The highest BCUT2D eigenvalue weighted by atomic mass is 16.3. The number of hydrogen-bond donors (Lipinski definition) is 4. The van der Waals surface area contributed by atoms with E-state index >= 15 is 0 Å². The second-order valence-corrected chi connectivity index (χ2v) is 2.62. The van der Waals surface area contributed by atoms with Crippen LogP contribution in [-0.2, 0) is 9.59 Å². The van der Waals surface area contributed by atoms with Crippen LogP contribution in [0, 0.1) is 0 Å². The zero-order valence-electron chi connectivity index (χ0n) is 7.86. The molecule has 0 saturated carbocycles. The van der Waals surface area contributed by atoms with Gasteiger partial charge in [-0.3, -0.25) is 14.9 Å². The van der Waals surface area contributed by atoms with E-state index in [0.717, 1.165) is 0 Å². The van der Waals surface area contributed by atoms with Crippen molar-refractivity contribution in [3.63, 3.8) is 0 Å². The van der Waals surface area contributed by atoms with Gasteiger partial charge in [0.25, 0.3) is 0 Å². The van der Waals surface area contributed by atoms with Crippen molar-refractivity contribution in [2.24, 2.45) is 0 Å². The molecule has 0 aliphatic carbocycles.